The molecule has 2 aromatic carbocycles. The highest BCUT2D eigenvalue weighted by Gasteiger charge is 2.09. The van der Waals surface area contributed by atoms with E-state index < -0.39 is 0 Å². The van der Waals surface area contributed by atoms with Gasteiger partial charge in [-0.1, -0.05) is 19.1 Å². The second-order valence-corrected chi connectivity index (χ2v) is 7.03. The van der Waals surface area contributed by atoms with Crippen LogP contribution in [-0.2, 0) is 0 Å². The summed E-state index contributed by atoms with van der Waals surface area (Å²) in [6.07, 6.45) is 1.14. The van der Waals surface area contributed by atoms with Crippen molar-refractivity contribution in [3.8, 4) is 11.5 Å². The summed E-state index contributed by atoms with van der Waals surface area (Å²) in [4.78, 5) is 0. The molecule has 0 amide bonds. The quantitative estimate of drug-likeness (QED) is 0.542. The maximum Gasteiger partial charge on any atom is 0.141 e. The van der Waals surface area contributed by atoms with Crippen LogP contribution < -0.4 is 10.1 Å². The number of hydrogen-bond acceptors (Lipinski definition) is 2. The Balaban J connectivity index is 2.12. The zero-order valence-corrected chi connectivity index (χ0v) is 15.9. The first-order valence-electron chi connectivity index (χ1n) is 7.06. The summed E-state index contributed by atoms with van der Waals surface area (Å²) in [6.45, 7) is 5.38. The van der Waals surface area contributed by atoms with Crippen molar-refractivity contribution in [1.82, 2.24) is 5.32 Å². The molecule has 0 aliphatic heterocycles. The van der Waals surface area contributed by atoms with Crippen molar-refractivity contribution in [1.29, 1.82) is 0 Å². The fourth-order valence-electron chi connectivity index (χ4n) is 2.01. The van der Waals surface area contributed by atoms with Crippen LogP contribution in [0, 0.1) is 3.57 Å². The lowest BCUT2D eigenvalue weighted by atomic mass is 10.1. The first-order valence-corrected chi connectivity index (χ1v) is 8.93. The van der Waals surface area contributed by atoms with Gasteiger partial charge >= 0.3 is 0 Å². The van der Waals surface area contributed by atoms with E-state index >= 15 is 0 Å². The highest BCUT2D eigenvalue weighted by Crippen LogP contribution is 2.32. The number of rotatable bonds is 6. The molecule has 1 atom stereocenters. The van der Waals surface area contributed by atoms with Crippen LogP contribution in [0.5, 0.6) is 11.5 Å². The lowest BCUT2D eigenvalue weighted by molar-refractivity contribution is 0.478. The van der Waals surface area contributed by atoms with E-state index in [0.29, 0.717) is 6.04 Å². The van der Waals surface area contributed by atoms with Crippen molar-refractivity contribution in [2.45, 2.75) is 26.3 Å². The minimum absolute atomic E-state index is 0.341. The Labute approximate surface area is 148 Å². The van der Waals surface area contributed by atoms with Gasteiger partial charge in [-0.05, 0) is 94.3 Å². The molecule has 2 rings (SSSR count). The molecule has 0 aromatic heterocycles. The summed E-state index contributed by atoms with van der Waals surface area (Å²) < 4.78 is 8.07. The molecule has 0 saturated carbocycles. The van der Waals surface area contributed by atoms with Crippen LogP contribution in [-0.4, -0.2) is 6.54 Å². The van der Waals surface area contributed by atoms with Gasteiger partial charge in [-0.25, -0.2) is 0 Å². The topological polar surface area (TPSA) is 21.3 Å². The molecule has 0 aliphatic rings. The van der Waals surface area contributed by atoms with Crippen LogP contribution in [0.15, 0.2) is 46.9 Å². The number of ether oxygens (including phenoxy) is 1. The largest absolute Gasteiger partial charge is 0.456 e. The smallest absolute Gasteiger partial charge is 0.141 e. The standard InChI is InChI=1S/C17H19BrINO/c1-3-9-20-12(2)13-7-8-17(16(18)10-13)21-15-6-4-5-14(19)11-15/h4-8,10-12,20H,3,9H2,1-2H3. The van der Waals surface area contributed by atoms with Crippen LogP contribution in [0.1, 0.15) is 31.9 Å². The third-order valence-corrected chi connectivity index (χ3v) is 4.47. The Kier molecular flexibility index (Phi) is 6.51. The Morgan fingerprint density at radius 2 is 2.05 bits per heavy atom. The maximum absolute atomic E-state index is 5.93. The van der Waals surface area contributed by atoms with Crippen LogP contribution in [0.3, 0.4) is 0 Å². The van der Waals surface area contributed by atoms with Gasteiger partial charge in [-0.15, -0.1) is 0 Å². The van der Waals surface area contributed by atoms with Crippen LogP contribution in [0.25, 0.3) is 0 Å². The van der Waals surface area contributed by atoms with E-state index in [9.17, 15) is 0 Å². The van der Waals surface area contributed by atoms with Gasteiger partial charge < -0.3 is 10.1 Å². The number of halogens is 2. The minimum atomic E-state index is 0.341. The normalized spacial score (nSPS) is 12.2. The molecule has 2 nitrogen and oxygen atoms in total. The monoisotopic (exact) mass is 459 g/mol. The minimum Gasteiger partial charge on any atom is -0.456 e. The molecule has 1 unspecified atom stereocenters. The molecule has 0 saturated heterocycles. The highest BCUT2D eigenvalue weighted by molar-refractivity contribution is 14.1. The summed E-state index contributed by atoms with van der Waals surface area (Å²) in [5.74, 6) is 1.69. The predicted octanol–water partition coefficient (Wildman–Crippen LogP) is 5.91. The van der Waals surface area contributed by atoms with Gasteiger partial charge in [0.2, 0.25) is 0 Å². The molecule has 0 heterocycles. The predicted molar refractivity (Wildman–Crippen MR) is 100 cm³/mol. The van der Waals surface area contributed by atoms with Gasteiger partial charge in [0.25, 0.3) is 0 Å². The molecule has 0 aliphatic carbocycles. The molecule has 2 aromatic rings. The average Bonchev–Trinajstić information content (AvgIpc) is 2.47. The Morgan fingerprint density at radius 1 is 1.24 bits per heavy atom. The van der Waals surface area contributed by atoms with Gasteiger partial charge in [0, 0.05) is 9.61 Å². The van der Waals surface area contributed by atoms with E-state index in [2.05, 4.69) is 69.8 Å². The molecule has 21 heavy (non-hydrogen) atoms. The van der Waals surface area contributed by atoms with Crippen molar-refractivity contribution in [2.75, 3.05) is 6.54 Å². The first kappa shape index (κ1) is 16.8. The average molecular weight is 460 g/mol. The number of nitrogens with one attached hydrogen (secondary N) is 1. The molecular formula is C17H19BrINO. The Morgan fingerprint density at radius 3 is 2.71 bits per heavy atom. The van der Waals surface area contributed by atoms with Crippen molar-refractivity contribution in [3.63, 3.8) is 0 Å². The molecule has 0 bridgehead atoms. The van der Waals surface area contributed by atoms with E-state index in [-0.39, 0.29) is 0 Å². The second kappa shape index (κ2) is 8.15. The summed E-state index contributed by atoms with van der Waals surface area (Å²) in [5.41, 5.74) is 1.25. The van der Waals surface area contributed by atoms with Crippen LogP contribution in [0.2, 0.25) is 0 Å². The lowest BCUT2D eigenvalue weighted by Gasteiger charge is -2.15. The van der Waals surface area contributed by atoms with Gasteiger partial charge in [-0.2, -0.15) is 0 Å². The third kappa shape index (κ3) is 4.97. The highest BCUT2D eigenvalue weighted by atomic mass is 127. The zero-order chi connectivity index (χ0) is 15.2. The maximum atomic E-state index is 5.93. The molecule has 0 radical (unpaired) electrons. The van der Waals surface area contributed by atoms with Gasteiger partial charge in [0.05, 0.1) is 4.47 Å². The zero-order valence-electron chi connectivity index (χ0n) is 12.2. The number of benzene rings is 2. The van der Waals surface area contributed by atoms with E-state index in [1.807, 2.05) is 30.3 Å². The third-order valence-electron chi connectivity index (χ3n) is 3.18. The molecule has 112 valence electrons. The van der Waals surface area contributed by atoms with Crippen molar-refractivity contribution in [3.05, 3.63) is 56.1 Å². The van der Waals surface area contributed by atoms with E-state index in [1.165, 1.54) is 5.56 Å². The van der Waals surface area contributed by atoms with Gasteiger partial charge in [-0.3, -0.25) is 0 Å². The van der Waals surface area contributed by atoms with Gasteiger partial charge in [0.1, 0.15) is 11.5 Å². The van der Waals surface area contributed by atoms with Crippen LogP contribution in [0.4, 0.5) is 0 Å². The number of hydrogen-bond donors (Lipinski definition) is 1. The van der Waals surface area contributed by atoms with Crippen molar-refractivity contribution >= 4 is 38.5 Å². The SMILES string of the molecule is CCCNC(C)c1ccc(Oc2cccc(I)c2)c(Br)c1. The van der Waals surface area contributed by atoms with Crippen molar-refractivity contribution < 1.29 is 4.74 Å². The molecule has 0 spiro atoms. The fraction of sp³-hybridized carbons (Fsp3) is 0.294. The summed E-state index contributed by atoms with van der Waals surface area (Å²) in [6, 6.07) is 14.6. The summed E-state index contributed by atoms with van der Waals surface area (Å²) >= 11 is 5.89. The Hall–Kier alpha value is -0.590. The lowest BCUT2D eigenvalue weighted by Crippen LogP contribution is -2.19. The van der Waals surface area contributed by atoms with Crippen LogP contribution >= 0.6 is 38.5 Å². The molecular weight excluding hydrogens is 441 g/mol. The van der Waals surface area contributed by atoms with Gasteiger partial charge in [0.15, 0.2) is 0 Å². The second-order valence-electron chi connectivity index (χ2n) is 4.93. The molecule has 1 N–H and O–H groups in total. The van der Waals surface area contributed by atoms with E-state index in [4.69, 9.17) is 4.74 Å². The van der Waals surface area contributed by atoms with E-state index in [0.717, 1.165) is 32.5 Å². The summed E-state index contributed by atoms with van der Waals surface area (Å²) in [7, 11) is 0. The first-order chi connectivity index (χ1) is 10.1. The summed E-state index contributed by atoms with van der Waals surface area (Å²) in [5, 5.41) is 3.49. The Bertz CT molecular complexity index is 603. The van der Waals surface area contributed by atoms with Crippen molar-refractivity contribution in [2.24, 2.45) is 0 Å². The molecule has 4 heteroatoms. The molecule has 0 fully saturated rings. The fourth-order valence-corrected chi connectivity index (χ4v) is 3.00. The van der Waals surface area contributed by atoms with E-state index in [1.54, 1.807) is 0 Å².